The third-order valence-electron chi connectivity index (χ3n) is 3.07. The van der Waals surface area contributed by atoms with Gasteiger partial charge in [-0.3, -0.25) is 4.21 Å². The normalized spacial score (nSPS) is 21.1. The summed E-state index contributed by atoms with van der Waals surface area (Å²) in [6.07, 6.45) is 2.26. The molecule has 1 aliphatic rings. The van der Waals surface area contributed by atoms with E-state index in [4.69, 9.17) is 22.1 Å². The minimum Gasteiger partial charge on any atom is -0.377 e. The summed E-state index contributed by atoms with van der Waals surface area (Å²) in [6.45, 7) is 1.27. The molecular formula is C13H18ClNO2S. The van der Waals surface area contributed by atoms with Crippen molar-refractivity contribution in [1.82, 2.24) is 0 Å². The molecule has 0 aromatic heterocycles. The molecule has 2 rings (SSSR count). The molecule has 0 saturated carbocycles. The van der Waals surface area contributed by atoms with Crippen molar-refractivity contribution in [2.45, 2.75) is 31.2 Å². The maximum atomic E-state index is 12.0. The van der Waals surface area contributed by atoms with E-state index in [2.05, 4.69) is 0 Å². The van der Waals surface area contributed by atoms with E-state index in [9.17, 15) is 4.21 Å². The second-order valence-corrected chi connectivity index (χ2v) is 6.42. The van der Waals surface area contributed by atoms with E-state index < -0.39 is 10.8 Å². The highest BCUT2D eigenvalue weighted by Gasteiger charge is 2.18. The summed E-state index contributed by atoms with van der Waals surface area (Å²) in [5.74, 6) is 1.10. The van der Waals surface area contributed by atoms with Crippen molar-refractivity contribution in [1.29, 1.82) is 0 Å². The van der Waals surface area contributed by atoms with Gasteiger partial charge in [0.15, 0.2) is 0 Å². The Morgan fingerprint density at radius 2 is 2.33 bits per heavy atom. The molecule has 1 aromatic rings. The Hall–Kier alpha value is -0.420. The molecule has 1 aliphatic heterocycles. The Balaban J connectivity index is 1.93. The van der Waals surface area contributed by atoms with Crippen LogP contribution in [0.4, 0.5) is 0 Å². The molecule has 18 heavy (non-hydrogen) atoms. The number of hydrogen-bond acceptors (Lipinski definition) is 3. The van der Waals surface area contributed by atoms with Crippen LogP contribution in [0.1, 0.15) is 24.0 Å². The second kappa shape index (κ2) is 6.66. The Labute approximate surface area is 115 Å². The molecule has 1 heterocycles. The van der Waals surface area contributed by atoms with Gasteiger partial charge >= 0.3 is 0 Å². The summed E-state index contributed by atoms with van der Waals surface area (Å²) < 4.78 is 17.5. The summed E-state index contributed by atoms with van der Waals surface area (Å²) in [5.41, 5.74) is 7.46. The number of benzene rings is 1. The lowest BCUT2D eigenvalue weighted by Gasteiger charge is -2.10. The Morgan fingerprint density at radius 3 is 2.94 bits per heavy atom. The zero-order chi connectivity index (χ0) is 13.0. The zero-order valence-electron chi connectivity index (χ0n) is 10.2. The summed E-state index contributed by atoms with van der Waals surface area (Å²) in [5, 5.41) is 0.652. The minimum atomic E-state index is -0.920. The van der Waals surface area contributed by atoms with Crippen molar-refractivity contribution in [2.75, 3.05) is 12.4 Å². The maximum Gasteiger partial charge on any atom is 0.0691 e. The smallest absolute Gasteiger partial charge is 0.0691 e. The van der Waals surface area contributed by atoms with Crippen LogP contribution in [0.5, 0.6) is 0 Å². The lowest BCUT2D eigenvalue weighted by molar-refractivity contribution is 0.128. The first-order valence-corrected chi connectivity index (χ1v) is 7.99. The lowest BCUT2D eigenvalue weighted by Crippen LogP contribution is -2.16. The molecule has 3 nitrogen and oxygen atoms in total. The van der Waals surface area contributed by atoms with Crippen molar-refractivity contribution in [2.24, 2.45) is 5.73 Å². The van der Waals surface area contributed by atoms with Gasteiger partial charge in [0, 0.05) is 29.0 Å². The molecule has 0 aliphatic carbocycles. The number of rotatable bonds is 5. The van der Waals surface area contributed by atoms with Crippen molar-refractivity contribution in [3.05, 3.63) is 34.3 Å². The summed E-state index contributed by atoms with van der Waals surface area (Å²) >= 11 is 6.15. The van der Waals surface area contributed by atoms with E-state index in [0.717, 1.165) is 30.6 Å². The average molecular weight is 288 g/mol. The van der Waals surface area contributed by atoms with Crippen LogP contribution in [0.3, 0.4) is 0 Å². The SMILES string of the molecule is NCc1ccc(CS(=O)CC2CCCO2)c(Cl)c1. The predicted octanol–water partition coefficient (Wildman–Crippen LogP) is 2.23. The Morgan fingerprint density at radius 1 is 1.50 bits per heavy atom. The van der Waals surface area contributed by atoms with Crippen LogP contribution in [0.2, 0.25) is 5.02 Å². The van der Waals surface area contributed by atoms with Crippen LogP contribution < -0.4 is 5.73 Å². The van der Waals surface area contributed by atoms with Gasteiger partial charge in [-0.2, -0.15) is 0 Å². The van der Waals surface area contributed by atoms with Crippen LogP contribution in [0.15, 0.2) is 18.2 Å². The molecule has 2 unspecified atom stereocenters. The monoisotopic (exact) mass is 287 g/mol. The third kappa shape index (κ3) is 3.79. The van der Waals surface area contributed by atoms with Gasteiger partial charge in [0.2, 0.25) is 0 Å². The van der Waals surface area contributed by atoms with E-state index in [0.29, 0.717) is 23.1 Å². The van der Waals surface area contributed by atoms with Crippen molar-refractivity contribution < 1.29 is 8.95 Å². The van der Waals surface area contributed by atoms with E-state index in [1.807, 2.05) is 18.2 Å². The molecule has 5 heteroatoms. The van der Waals surface area contributed by atoms with Gasteiger partial charge < -0.3 is 10.5 Å². The number of ether oxygens (including phenoxy) is 1. The second-order valence-electron chi connectivity index (χ2n) is 4.52. The molecule has 1 fully saturated rings. The van der Waals surface area contributed by atoms with Gasteiger partial charge in [-0.1, -0.05) is 23.7 Å². The molecule has 0 spiro atoms. The highest BCUT2D eigenvalue weighted by molar-refractivity contribution is 7.84. The molecule has 0 bridgehead atoms. The minimum absolute atomic E-state index is 0.160. The number of hydrogen-bond donors (Lipinski definition) is 1. The van der Waals surface area contributed by atoms with Crippen LogP contribution in [0, 0.1) is 0 Å². The van der Waals surface area contributed by atoms with E-state index in [1.54, 1.807) is 0 Å². The Bertz CT molecular complexity index is 433. The van der Waals surface area contributed by atoms with Crippen molar-refractivity contribution in [3.8, 4) is 0 Å². The fraction of sp³-hybridized carbons (Fsp3) is 0.538. The quantitative estimate of drug-likeness (QED) is 0.903. The van der Waals surface area contributed by atoms with Gasteiger partial charge in [-0.15, -0.1) is 0 Å². The largest absolute Gasteiger partial charge is 0.377 e. The first kappa shape index (κ1) is 14.0. The molecule has 1 saturated heterocycles. The molecule has 1 aromatic carbocycles. The van der Waals surface area contributed by atoms with Crippen LogP contribution in [-0.4, -0.2) is 22.7 Å². The molecule has 100 valence electrons. The fourth-order valence-corrected chi connectivity index (χ4v) is 3.79. The number of nitrogens with two attached hydrogens (primary N) is 1. The average Bonchev–Trinajstić information content (AvgIpc) is 2.84. The van der Waals surface area contributed by atoms with Crippen LogP contribution in [-0.2, 0) is 27.8 Å². The van der Waals surface area contributed by atoms with Gasteiger partial charge in [-0.25, -0.2) is 0 Å². The van der Waals surface area contributed by atoms with E-state index >= 15 is 0 Å². The van der Waals surface area contributed by atoms with E-state index in [1.165, 1.54) is 0 Å². The summed E-state index contributed by atoms with van der Waals surface area (Å²) in [4.78, 5) is 0. The Kier molecular flexibility index (Phi) is 5.18. The maximum absolute atomic E-state index is 12.0. The van der Waals surface area contributed by atoms with E-state index in [-0.39, 0.29) is 6.10 Å². The third-order valence-corrected chi connectivity index (χ3v) is 4.79. The summed E-state index contributed by atoms with van der Waals surface area (Å²) in [6, 6.07) is 5.70. The molecular weight excluding hydrogens is 270 g/mol. The first-order chi connectivity index (χ1) is 8.69. The van der Waals surface area contributed by atoms with Crippen molar-refractivity contribution >= 4 is 22.4 Å². The van der Waals surface area contributed by atoms with Gasteiger partial charge in [-0.05, 0) is 30.0 Å². The highest BCUT2D eigenvalue weighted by Crippen LogP contribution is 2.21. The molecule has 0 amide bonds. The molecule has 2 atom stereocenters. The van der Waals surface area contributed by atoms with Crippen molar-refractivity contribution in [3.63, 3.8) is 0 Å². The fourth-order valence-electron chi connectivity index (χ4n) is 2.05. The summed E-state index contributed by atoms with van der Waals surface area (Å²) in [7, 11) is -0.920. The van der Waals surface area contributed by atoms with Gasteiger partial charge in [0.25, 0.3) is 0 Å². The first-order valence-electron chi connectivity index (χ1n) is 6.13. The number of halogens is 1. The van der Waals surface area contributed by atoms with Crippen LogP contribution >= 0.6 is 11.6 Å². The van der Waals surface area contributed by atoms with Crippen LogP contribution in [0.25, 0.3) is 0 Å². The molecule has 0 radical (unpaired) electrons. The standard InChI is InChI=1S/C13H18ClNO2S/c14-13-6-10(7-15)3-4-11(13)8-18(16)9-12-2-1-5-17-12/h3-4,6,12H,1-2,5,7-9,15H2. The highest BCUT2D eigenvalue weighted by atomic mass is 35.5. The van der Waals surface area contributed by atoms with Gasteiger partial charge in [0.05, 0.1) is 17.6 Å². The zero-order valence-corrected chi connectivity index (χ0v) is 11.8. The molecule has 2 N–H and O–H groups in total. The predicted molar refractivity (Wildman–Crippen MR) is 75.0 cm³/mol. The van der Waals surface area contributed by atoms with Gasteiger partial charge in [0.1, 0.15) is 0 Å². The lowest BCUT2D eigenvalue weighted by atomic mass is 10.1. The topological polar surface area (TPSA) is 52.3 Å².